The molecule has 0 atom stereocenters. The Morgan fingerprint density at radius 2 is 1.22 bits per heavy atom. The standard InChI is InChI=1S/C21H20N2/c1-13-18-16-11-7-5-9-14(16)15-10-6-8-12-17(15)19(18)23-20(22-13)21(2,3)4/h5-12H,1-4H3. The van der Waals surface area contributed by atoms with E-state index in [1.54, 1.807) is 0 Å². The lowest BCUT2D eigenvalue weighted by atomic mass is 9.93. The number of fused-ring (bicyclic) bond motifs is 6. The van der Waals surface area contributed by atoms with Crippen LogP contribution in [0, 0.1) is 6.92 Å². The zero-order valence-corrected chi connectivity index (χ0v) is 14.0. The molecular weight excluding hydrogens is 280 g/mol. The minimum absolute atomic E-state index is 0.0638. The van der Waals surface area contributed by atoms with E-state index in [4.69, 9.17) is 9.97 Å². The van der Waals surface area contributed by atoms with Crippen LogP contribution in [0.15, 0.2) is 48.5 Å². The summed E-state index contributed by atoms with van der Waals surface area (Å²) in [6.07, 6.45) is 0. The molecule has 2 heteroatoms. The number of rotatable bonds is 0. The van der Waals surface area contributed by atoms with Gasteiger partial charge in [-0.1, -0.05) is 69.3 Å². The van der Waals surface area contributed by atoms with Crippen molar-refractivity contribution < 1.29 is 0 Å². The molecule has 1 heterocycles. The van der Waals surface area contributed by atoms with Crippen LogP contribution in [0.1, 0.15) is 32.3 Å². The Labute approximate surface area is 136 Å². The smallest absolute Gasteiger partial charge is 0.134 e. The molecule has 0 aliphatic rings. The lowest BCUT2D eigenvalue weighted by molar-refractivity contribution is 0.546. The van der Waals surface area contributed by atoms with Crippen LogP contribution in [-0.4, -0.2) is 9.97 Å². The van der Waals surface area contributed by atoms with Gasteiger partial charge in [0.1, 0.15) is 5.82 Å². The molecule has 0 bridgehead atoms. The molecule has 0 saturated heterocycles. The summed E-state index contributed by atoms with van der Waals surface area (Å²) in [6.45, 7) is 8.59. The van der Waals surface area contributed by atoms with Gasteiger partial charge >= 0.3 is 0 Å². The summed E-state index contributed by atoms with van der Waals surface area (Å²) < 4.78 is 0. The monoisotopic (exact) mass is 300 g/mol. The molecule has 23 heavy (non-hydrogen) atoms. The van der Waals surface area contributed by atoms with Gasteiger partial charge in [-0.3, -0.25) is 0 Å². The Balaban J connectivity index is 2.33. The third-order valence-electron chi connectivity index (χ3n) is 4.43. The molecule has 0 N–H and O–H groups in total. The fraction of sp³-hybridized carbons (Fsp3) is 0.238. The van der Waals surface area contributed by atoms with Crippen molar-refractivity contribution in [3.63, 3.8) is 0 Å². The summed E-state index contributed by atoms with van der Waals surface area (Å²) in [5.41, 5.74) is 2.06. The minimum atomic E-state index is -0.0638. The van der Waals surface area contributed by atoms with Gasteiger partial charge < -0.3 is 0 Å². The van der Waals surface area contributed by atoms with Crippen LogP contribution in [0.25, 0.3) is 32.4 Å². The predicted molar refractivity (Wildman–Crippen MR) is 98.0 cm³/mol. The lowest BCUT2D eigenvalue weighted by Crippen LogP contribution is -2.16. The predicted octanol–water partition coefficient (Wildman–Crippen LogP) is 5.54. The van der Waals surface area contributed by atoms with Gasteiger partial charge in [0.2, 0.25) is 0 Å². The highest BCUT2D eigenvalue weighted by molar-refractivity contribution is 6.24. The van der Waals surface area contributed by atoms with E-state index in [-0.39, 0.29) is 5.41 Å². The second-order valence-corrected chi connectivity index (χ2v) is 7.20. The molecular formula is C21H20N2. The van der Waals surface area contributed by atoms with Gasteiger partial charge in [-0.05, 0) is 23.1 Å². The van der Waals surface area contributed by atoms with E-state index in [9.17, 15) is 0 Å². The fourth-order valence-electron chi connectivity index (χ4n) is 3.29. The van der Waals surface area contributed by atoms with E-state index in [2.05, 4.69) is 76.2 Å². The second kappa shape index (κ2) is 4.76. The van der Waals surface area contributed by atoms with Crippen molar-refractivity contribution in [1.82, 2.24) is 9.97 Å². The number of nitrogens with zero attached hydrogens (tertiary/aromatic N) is 2. The van der Waals surface area contributed by atoms with Crippen molar-refractivity contribution in [2.75, 3.05) is 0 Å². The molecule has 2 nitrogen and oxygen atoms in total. The Morgan fingerprint density at radius 1 is 0.696 bits per heavy atom. The van der Waals surface area contributed by atoms with Gasteiger partial charge in [0.15, 0.2) is 0 Å². The first-order valence-electron chi connectivity index (χ1n) is 8.05. The number of hydrogen-bond donors (Lipinski definition) is 0. The van der Waals surface area contributed by atoms with Crippen molar-refractivity contribution in [2.24, 2.45) is 0 Å². The molecule has 3 aromatic carbocycles. The fourth-order valence-corrected chi connectivity index (χ4v) is 3.29. The average Bonchev–Trinajstić information content (AvgIpc) is 2.54. The van der Waals surface area contributed by atoms with Gasteiger partial charge in [0, 0.05) is 21.9 Å². The molecule has 0 saturated carbocycles. The largest absolute Gasteiger partial charge is 0.237 e. The third-order valence-corrected chi connectivity index (χ3v) is 4.43. The molecule has 0 spiro atoms. The lowest BCUT2D eigenvalue weighted by Gasteiger charge is -2.19. The Kier molecular flexibility index (Phi) is 2.92. The zero-order chi connectivity index (χ0) is 16.2. The highest BCUT2D eigenvalue weighted by Crippen LogP contribution is 2.36. The molecule has 0 aliphatic carbocycles. The van der Waals surface area contributed by atoms with Crippen LogP contribution in [0.4, 0.5) is 0 Å². The van der Waals surface area contributed by atoms with E-state index in [0.29, 0.717) is 0 Å². The van der Waals surface area contributed by atoms with Gasteiger partial charge in [-0.15, -0.1) is 0 Å². The maximum atomic E-state index is 4.97. The van der Waals surface area contributed by atoms with Gasteiger partial charge in [0.05, 0.1) is 5.52 Å². The van der Waals surface area contributed by atoms with Gasteiger partial charge in [-0.25, -0.2) is 9.97 Å². The Morgan fingerprint density at radius 3 is 1.83 bits per heavy atom. The molecule has 0 fully saturated rings. The first kappa shape index (κ1) is 14.1. The maximum Gasteiger partial charge on any atom is 0.134 e. The first-order chi connectivity index (χ1) is 11.0. The summed E-state index contributed by atoms with van der Waals surface area (Å²) in [4.78, 5) is 9.79. The van der Waals surface area contributed by atoms with Crippen LogP contribution >= 0.6 is 0 Å². The van der Waals surface area contributed by atoms with Gasteiger partial charge in [0.25, 0.3) is 0 Å². The van der Waals surface area contributed by atoms with Crippen LogP contribution in [0.3, 0.4) is 0 Å². The van der Waals surface area contributed by atoms with E-state index in [0.717, 1.165) is 17.0 Å². The van der Waals surface area contributed by atoms with Crippen LogP contribution in [0.5, 0.6) is 0 Å². The number of benzene rings is 3. The molecule has 4 aromatic rings. The van der Waals surface area contributed by atoms with Crippen molar-refractivity contribution in [2.45, 2.75) is 33.1 Å². The summed E-state index contributed by atoms with van der Waals surface area (Å²) in [7, 11) is 0. The SMILES string of the molecule is Cc1nc(C(C)(C)C)nc2c3ccccc3c3ccccc3c12. The minimum Gasteiger partial charge on any atom is -0.237 e. The number of aromatic nitrogens is 2. The molecule has 0 unspecified atom stereocenters. The summed E-state index contributed by atoms with van der Waals surface area (Å²) in [6, 6.07) is 17.1. The molecule has 0 radical (unpaired) electrons. The third kappa shape index (κ3) is 2.09. The van der Waals surface area contributed by atoms with Crippen LogP contribution in [0.2, 0.25) is 0 Å². The number of hydrogen-bond acceptors (Lipinski definition) is 2. The van der Waals surface area contributed by atoms with E-state index in [1.807, 2.05) is 0 Å². The van der Waals surface area contributed by atoms with E-state index in [1.165, 1.54) is 26.9 Å². The van der Waals surface area contributed by atoms with Gasteiger partial charge in [-0.2, -0.15) is 0 Å². The normalized spacial score (nSPS) is 12.3. The Hall–Kier alpha value is -2.48. The summed E-state index contributed by atoms with van der Waals surface area (Å²) in [5, 5.41) is 6.14. The second-order valence-electron chi connectivity index (χ2n) is 7.20. The summed E-state index contributed by atoms with van der Waals surface area (Å²) >= 11 is 0. The zero-order valence-electron chi connectivity index (χ0n) is 14.0. The number of aryl methyl sites for hydroxylation is 1. The van der Waals surface area contributed by atoms with E-state index >= 15 is 0 Å². The first-order valence-corrected chi connectivity index (χ1v) is 8.05. The average molecular weight is 300 g/mol. The maximum absolute atomic E-state index is 4.97. The topological polar surface area (TPSA) is 25.8 Å². The highest BCUT2D eigenvalue weighted by Gasteiger charge is 2.20. The quantitative estimate of drug-likeness (QED) is 0.398. The van der Waals surface area contributed by atoms with Crippen molar-refractivity contribution in [3.8, 4) is 0 Å². The van der Waals surface area contributed by atoms with Crippen molar-refractivity contribution in [3.05, 3.63) is 60.0 Å². The molecule has 0 amide bonds. The van der Waals surface area contributed by atoms with Crippen molar-refractivity contribution >= 4 is 32.4 Å². The van der Waals surface area contributed by atoms with E-state index < -0.39 is 0 Å². The van der Waals surface area contributed by atoms with Crippen LogP contribution in [-0.2, 0) is 5.41 Å². The highest BCUT2D eigenvalue weighted by atomic mass is 14.9. The van der Waals surface area contributed by atoms with Crippen LogP contribution < -0.4 is 0 Å². The molecule has 114 valence electrons. The Bertz CT molecular complexity index is 1060. The van der Waals surface area contributed by atoms with Crippen molar-refractivity contribution in [1.29, 1.82) is 0 Å². The summed E-state index contributed by atoms with van der Waals surface area (Å²) in [5.74, 6) is 0.905. The molecule has 4 rings (SSSR count). The molecule has 0 aliphatic heterocycles. The molecule has 1 aromatic heterocycles.